The summed E-state index contributed by atoms with van der Waals surface area (Å²) in [6.07, 6.45) is 1.61. The summed E-state index contributed by atoms with van der Waals surface area (Å²) >= 11 is 1.69. The molecule has 8 heteroatoms. The van der Waals surface area contributed by atoms with E-state index in [4.69, 9.17) is 9.47 Å². The molecule has 1 aromatic carbocycles. The maximum atomic E-state index is 12.4. The van der Waals surface area contributed by atoms with Crippen molar-refractivity contribution in [1.29, 1.82) is 0 Å². The first-order valence-corrected chi connectivity index (χ1v) is 11.8. The molecule has 1 aliphatic heterocycles. The van der Waals surface area contributed by atoms with E-state index in [2.05, 4.69) is 33.0 Å². The summed E-state index contributed by atoms with van der Waals surface area (Å²) in [5.74, 6) is 1.53. The molecule has 1 amide bonds. The Morgan fingerprint density at radius 3 is 2.78 bits per heavy atom. The standard InChI is InChI=1S/C24H30N4O3S/c1-15-13-20(25-16-7-6-11-28(14-16)23(29)31-24(2,3)4)26-27-21(15)18-8-9-19-17(10-12-32-19)22(18)30-5/h8-10,12-13,16H,6-7,11,14H2,1-5H3,(H,25,26)/t16-/m1/s1. The lowest BCUT2D eigenvalue weighted by Crippen LogP contribution is -2.47. The number of hydrogen-bond donors (Lipinski definition) is 1. The van der Waals surface area contributed by atoms with Gasteiger partial charge in [-0.2, -0.15) is 0 Å². The zero-order valence-electron chi connectivity index (χ0n) is 19.3. The fourth-order valence-electron chi connectivity index (χ4n) is 4.04. The summed E-state index contributed by atoms with van der Waals surface area (Å²) in [5, 5.41) is 15.6. The van der Waals surface area contributed by atoms with Crippen LogP contribution in [-0.2, 0) is 4.74 Å². The lowest BCUT2D eigenvalue weighted by Gasteiger charge is -2.34. The van der Waals surface area contributed by atoms with Gasteiger partial charge in [0.05, 0.1) is 12.8 Å². The second-order valence-corrected chi connectivity index (χ2v) is 10.1. The molecular formula is C24H30N4O3S. The van der Waals surface area contributed by atoms with Crippen LogP contribution in [0.3, 0.4) is 0 Å². The number of benzene rings is 1. The molecule has 1 atom stereocenters. The summed E-state index contributed by atoms with van der Waals surface area (Å²) < 4.78 is 12.4. The number of nitrogens with zero attached hydrogens (tertiary/aromatic N) is 3. The van der Waals surface area contributed by atoms with E-state index in [1.54, 1.807) is 23.3 Å². The van der Waals surface area contributed by atoms with Crippen molar-refractivity contribution in [3.63, 3.8) is 0 Å². The predicted octanol–water partition coefficient (Wildman–Crippen LogP) is 5.49. The fourth-order valence-corrected chi connectivity index (χ4v) is 4.83. The highest BCUT2D eigenvalue weighted by atomic mass is 32.1. The molecule has 0 radical (unpaired) electrons. The Hall–Kier alpha value is -2.87. The van der Waals surface area contributed by atoms with Crippen molar-refractivity contribution in [3.8, 4) is 17.0 Å². The highest BCUT2D eigenvalue weighted by Crippen LogP contribution is 2.39. The largest absolute Gasteiger partial charge is 0.495 e. The Balaban J connectivity index is 1.50. The van der Waals surface area contributed by atoms with Crippen LogP contribution < -0.4 is 10.1 Å². The van der Waals surface area contributed by atoms with Crippen molar-refractivity contribution in [2.24, 2.45) is 0 Å². The van der Waals surface area contributed by atoms with Crippen LogP contribution in [0.15, 0.2) is 29.6 Å². The van der Waals surface area contributed by atoms with Crippen LogP contribution in [0.4, 0.5) is 10.6 Å². The molecule has 1 saturated heterocycles. The Bertz CT molecular complexity index is 1120. The van der Waals surface area contributed by atoms with Gasteiger partial charge < -0.3 is 19.7 Å². The van der Waals surface area contributed by atoms with Gasteiger partial charge >= 0.3 is 6.09 Å². The van der Waals surface area contributed by atoms with Gasteiger partial charge in [-0.3, -0.25) is 0 Å². The molecule has 4 rings (SSSR count). The SMILES string of the molecule is COc1c(-c2nnc(N[C@@H]3CCCN(C(=O)OC(C)(C)C)C3)cc2C)ccc2sccc12. The average molecular weight is 455 g/mol. The first-order chi connectivity index (χ1) is 15.2. The molecule has 1 N–H and O–H groups in total. The Kier molecular flexibility index (Phi) is 6.24. The predicted molar refractivity (Wildman–Crippen MR) is 129 cm³/mol. The minimum Gasteiger partial charge on any atom is -0.495 e. The van der Waals surface area contributed by atoms with Crippen molar-refractivity contribution in [2.75, 3.05) is 25.5 Å². The first-order valence-electron chi connectivity index (χ1n) is 10.9. The van der Waals surface area contributed by atoms with E-state index >= 15 is 0 Å². The minimum atomic E-state index is -0.497. The number of carbonyl (C=O) groups excluding carboxylic acids is 1. The number of hydrogen-bond acceptors (Lipinski definition) is 7. The molecule has 1 aliphatic rings. The van der Waals surface area contributed by atoms with Gasteiger partial charge in [0.1, 0.15) is 17.2 Å². The molecule has 7 nitrogen and oxygen atoms in total. The third-order valence-corrected chi connectivity index (χ3v) is 6.34. The summed E-state index contributed by atoms with van der Waals surface area (Å²) in [6, 6.07) is 8.32. The Labute approximate surface area is 192 Å². The van der Waals surface area contributed by atoms with Gasteiger partial charge in [0.15, 0.2) is 0 Å². The number of amides is 1. The van der Waals surface area contributed by atoms with Gasteiger partial charge in [0.25, 0.3) is 0 Å². The number of carbonyl (C=O) groups is 1. The number of thiophene rings is 1. The van der Waals surface area contributed by atoms with Crippen LogP contribution in [0.25, 0.3) is 21.3 Å². The summed E-state index contributed by atoms with van der Waals surface area (Å²) in [4.78, 5) is 14.2. The van der Waals surface area contributed by atoms with Gasteiger partial charge in [0.2, 0.25) is 0 Å². The Morgan fingerprint density at radius 2 is 2.06 bits per heavy atom. The van der Waals surface area contributed by atoms with Crippen LogP contribution in [-0.4, -0.2) is 53.0 Å². The molecule has 0 spiro atoms. The van der Waals surface area contributed by atoms with Crippen LogP contribution in [0.5, 0.6) is 5.75 Å². The van der Waals surface area contributed by atoms with E-state index in [-0.39, 0.29) is 12.1 Å². The number of aromatic nitrogens is 2. The van der Waals surface area contributed by atoms with Crippen molar-refractivity contribution in [2.45, 2.75) is 52.2 Å². The molecule has 0 unspecified atom stereocenters. The lowest BCUT2D eigenvalue weighted by atomic mass is 10.0. The zero-order chi connectivity index (χ0) is 22.9. The average Bonchev–Trinajstić information content (AvgIpc) is 3.21. The number of piperidine rings is 1. The molecule has 0 saturated carbocycles. The fraction of sp³-hybridized carbons (Fsp3) is 0.458. The number of rotatable bonds is 4. The van der Waals surface area contributed by atoms with Crippen molar-refractivity contribution in [3.05, 3.63) is 35.2 Å². The molecule has 3 heterocycles. The summed E-state index contributed by atoms with van der Waals surface area (Å²) in [6.45, 7) is 8.98. The molecule has 170 valence electrons. The minimum absolute atomic E-state index is 0.104. The number of fused-ring (bicyclic) bond motifs is 1. The van der Waals surface area contributed by atoms with E-state index in [0.29, 0.717) is 18.9 Å². The normalized spacial score (nSPS) is 16.8. The second-order valence-electron chi connectivity index (χ2n) is 9.15. The van der Waals surface area contributed by atoms with Crippen LogP contribution in [0.1, 0.15) is 39.2 Å². The smallest absolute Gasteiger partial charge is 0.410 e. The third-order valence-electron chi connectivity index (χ3n) is 5.45. The van der Waals surface area contributed by atoms with E-state index in [1.165, 1.54) is 4.70 Å². The van der Waals surface area contributed by atoms with Crippen LogP contribution in [0, 0.1) is 6.92 Å². The molecule has 2 aromatic heterocycles. The number of nitrogens with one attached hydrogen (secondary N) is 1. The number of likely N-dealkylation sites (tertiary alicyclic amines) is 1. The van der Waals surface area contributed by atoms with Gasteiger partial charge in [-0.25, -0.2) is 4.79 Å². The van der Waals surface area contributed by atoms with E-state index in [0.717, 1.165) is 40.8 Å². The molecule has 0 bridgehead atoms. The van der Waals surface area contributed by atoms with E-state index < -0.39 is 5.60 Å². The molecule has 1 fully saturated rings. The van der Waals surface area contributed by atoms with Gasteiger partial charge in [-0.15, -0.1) is 21.5 Å². The van der Waals surface area contributed by atoms with Gasteiger partial charge in [-0.05, 0) is 75.7 Å². The molecular weight excluding hydrogens is 424 g/mol. The number of aryl methyl sites for hydroxylation is 1. The van der Waals surface area contributed by atoms with E-state index in [9.17, 15) is 4.79 Å². The molecule has 32 heavy (non-hydrogen) atoms. The maximum absolute atomic E-state index is 12.4. The van der Waals surface area contributed by atoms with E-state index in [1.807, 2.05) is 39.8 Å². The molecule has 3 aromatic rings. The van der Waals surface area contributed by atoms with Gasteiger partial charge in [0, 0.05) is 34.8 Å². The highest BCUT2D eigenvalue weighted by molar-refractivity contribution is 7.17. The highest BCUT2D eigenvalue weighted by Gasteiger charge is 2.28. The Morgan fingerprint density at radius 1 is 1.25 bits per heavy atom. The van der Waals surface area contributed by atoms with Crippen molar-refractivity contribution < 1.29 is 14.3 Å². The monoisotopic (exact) mass is 454 g/mol. The van der Waals surface area contributed by atoms with Crippen molar-refractivity contribution >= 4 is 33.3 Å². The van der Waals surface area contributed by atoms with Crippen LogP contribution in [0.2, 0.25) is 0 Å². The third kappa shape index (κ3) is 4.80. The molecule has 0 aliphatic carbocycles. The van der Waals surface area contributed by atoms with Gasteiger partial charge in [-0.1, -0.05) is 0 Å². The number of methoxy groups -OCH3 is 1. The number of anilines is 1. The topological polar surface area (TPSA) is 76.6 Å². The summed E-state index contributed by atoms with van der Waals surface area (Å²) in [7, 11) is 1.69. The maximum Gasteiger partial charge on any atom is 0.410 e. The second kappa shape index (κ2) is 8.94. The zero-order valence-corrected chi connectivity index (χ0v) is 20.1. The quantitative estimate of drug-likeness (QED) is 0.562. The number of ether oxygens (including phenoxy) is 2. The van der Waals surface area contributed by atoms with Crippen molar-refractivity contribution in [1.82, 2.24) is 15.1 Å². The van der Waals surface area contributed by atoms with Crippen LogP contribution >= 0.6 is 11.3 Å². The summed E-state index contributed by atoms with van der Waals surface area (Å²) in [5.41, 5.74) is 2.25. The lowest BCUT2D eigenvalue weighted by molar-refractivity contribution is 0.0206. The first kappa shape index (κ1) is 22.3.